The van der Waals surface area contributed by atoms with E-state index in [1.807, 2.05) is 11.3 Å². The van der Waals surface area contributed by atoms with E-state index in [0.29, 0.717) is 0 Å². The lowest BCUT2D eigenvalue weighted by Crippen LogP contribution is -1.94. The molecule has 0 unspecified atom stereocenters. The van der Waals surface area contributed by atoms with E-state index in [9.17, 15) is 0 Å². The fourth-order valence-electron chi connectivity index (χ4n) is 3.56. The highest BCUT2D eigenvalue weighted by Gasteiger charge is 2.28. The highest BCUT2D eigenvalue weighted by Crippen LogP contribution is 2.41. The Balaban J connectivity index is 1.85. The molecule has 0 N–H and O–H groups in total. The van der Waals surface area contributed by atoms with Crippen molar-refractivity contribution in [2.45, 2.75) is 32.6 Å². The van der Waals surface area contributed by atoms with Crippen molar-refractivity contribution >= 4 is 16.3 Å². The third-order valence-electron chi connectivity index (χ3n) is 4.44. The predicted molar refractivity (Wildman–Crippen MR) is 78.1 cm³/mol. The van der Waals surface area contributed by atoms with Gasteiger partial charge in [-0.15, -0.1) is 11.3 Å². The Morgan fingerprint density at radius 3 is 3.11 bits per heavy atom. The van der Waals surface area contributed by atoms with Crippen LogP contribution in [0.1, 0.15) is 33.8 Å². The van der Waals surface area contributed by atoms with Gasteiger partial charge in [0.25, 0.3) is 0 Å². The van der Waals surface area contributed by atoms with Crippen molar-refractivity contribution in [1.29, 1.82) is 0 Å². The quantitative estimate of drug-likeness (QED) is 0.473. The Morgan fingerprint density at radius 1 is 1.21 bits per heavy atom. The van der Waals surface area contributed by atoms with Gasteiger partial charge in [0.05, 0.1) is 11.4 Å². The van der Waals surface area contributed by atoms with Crippen LogP contribution < -0.4 is 0 Å². The van der Waals surface area contributed by atoms with Gasteiger partial charge in [0.1, 0.15) is 0 Å². The molecule has 0 fully saturated rings. The third kappa shape index (κ3) is 1.19. The molecule has 2 heterocycles. The number of imidazole rings is 1. The first-order chi connectivity index (χ1) is 9.31. The minimum Gasteiger partial charge on any atom is -0.290 e. The summed E-state index contributed by atoms with van der Waals surface area (Å²) in [4.78, 5) is 7.70. The summed E-state index contributed by atoms with van der Waals surface area (Å²) in [5.74, 6) is 0. The number of rotatable bonds is 0. The van der Waals surface area contributed by atoms with Gasteiger partial charge in [-0.05, 0) is 37.8 Å². The molecule has 0 bridgehead atoms. The number of hydrogen-bond acceptors (Lipinski definition) is 2. The zero-order valence-corrected chi connectivity index (χ0v) is 11.7. The van der Waals surface area contributed by atoms with Crippen LogP contribution in [0.2, 0.25) is 0 Å². The summed E-state index contributed by atoms with van der Waals surface area (Å²) >= 11 is 1.90. The maximum Gasteiger partial charge on any atom is 0.194 e. The lowest BCUT2D eigenvalue weighted by atomic mass is 10.1. The first kappa shape index (κ1) is 10.2. The maximum atomic E-state index is 4.92. The van der Waals surface area contributed by atoms with Crippen LogP contribution in [-0.2, 0) is 19.3 Å². The summed E-state index contributed by atoms with van der Waals surface area (Å²) in [7, 11) is 0. The van der Waals surface area contributed by atoms with E-state index < -0.39 is 0 Å². The SMILES string of the molecule is Cc1ccc2c(c1)-c1nc3sc4c(n3c1C2)CCC4. The first-order valence-electron chi connectivity index (χ1n) is 6.93. The zero-order valence-electron chi connectivity index (χ0n) is 10.9. The molecule has 19 heavy (non-hydrogen) atoms. The summed E-state index contributed by atoms with van der Waals surface area (Å²) in [6.45, 7) is 2.16. The topological polar surface area (TPSA) is 17.3 Å². The van der Waals surface area contributed by atoms with Crippen molar-refractivity contribution in [1.82, 2.24) is 9.38 Å². The van der Waals surface area contributed by atoms with Crippen molar-refractivity contribution in [3.63, 3.8) is 0 Å². The van der Waals surface area contributed by atoms with Gasteiger partial charge in [-0.25, -0.2) is 4.98 Å². The van der Waals surface area contributed by atoms with E-state index in [1.165, 1.54) is 52.3 Å². The molecule has 0 aliphatic heterocycles. The standard InChI is InChI=1S/C16H14N2S/c1-9-5-6-10-8-13-15(11(10)7-9)17-16-18(13)12-3-2-4-14(12)19-16/h5-7H,2-4,8H2,1H3. The minimum absolute atomic E-state index is 1.05. The van der Waals surface area contributed by atoms with Crippen molar-refractivity contribution in [2.24, 2.45) is 0 Å². The van der Waals surface area contributed by atoms with Crippen LogP contribution >= 0.6 is 11.3 Å². The van der Waals surface area contributed by atoms with Gasteiger partial charge < -0.3 is 0 Å². The zero-order chi connectivity index (χ0) is 12.6. The van der Waals surface area contributed by atoms with Crippen LogP contribution in [0.25, 0.3) is 16.2 Å². The van der Waals surface area contributed by atoms with E-state index in [1.54, 1.807) is 10.6 Å². The molecule has 2 nitrogen and oxygen atoms in total. The van der Waals surface area contributed by atoms with E-state index in [4.69, 9.17) is 4.98 Å². The molecule has 0 amide bonds. The second-order valence-corrected chi connectivity index (χ2v) is 6.75. The maximum absolute atomic E-state index is 4.92. The molecular formula is C16H14N2S. The fourth-order valence-corrected chi connectivity index (χ4v) is 4.79. The van der Waals surface area contributed by atoms with Gasteiger partial charge in [0, 0.05) is 22.6 Å². The van der Waals surface area contributed by atoms with Crippen LogP contribution in [0.4, 0.5) is 0 Å². The van der Waals surface area contributed by atoms with Gasteiger partial charge in [-0.3, -0.25) is 4.40 Å². The second-order valence-electron chi connectivity index (χ2n) is 5.69. The van der Waals surface area contributed by atoms with Gasteiger partial charge in [0.2, 0.25) is 0 Å². The Morgan fingerprint density at radius 2 is 2.16 bits per heavy atom. The molecule has 0 radical (unpaired) electrons. The monoisotopic (exact) mass is 266 g/mol. The summed E-state index contributed by atoms with van der Waals surface area (Å²) in [5, 5.41) is 0. The minimum atomic E-state index is 1.05. The summed E-state index contributed by atoms with van der Waals surface area (Å²) < 4.78 is 2.46. The highest BCUT2D eigenvalue weighted by atomic mass is 32.1. The molecule has 5 rings (SSSR count). The van der Waals surface area contributed by atoms with Crippen molar-refractivity contribution in [3.05, 3.63) is 45.6 Å². The van der Waals surface area contributed by atoms with Gasteiger partial charge in [0.15, 0.2) is 4.96 Å². The molecule has 2 aliphatic rings. The number of benzene rings is 1. The molecular weight excluding hydrogens is 252 g/mol. The Bertz CT molecular complexity index is 838. The molecule has 94 valence electrons. The van der Waals surface area contributed by atoms with Crippen LogP contribution in [0.5, 0.6) is 0 Å². The van der Waals surface area contributed by atoms with Crippen LogP contribution in [0.3, 0.4) is 0 Å². The molecule has 2 aliphatic carbocycles. The molecule has 3 heteroatoms. The average molecular weight is 266 g/mol. The lowest BCUT2D eigenvalue weighted by Gasteiger charge is -2.00. The molecule has 3 aromatic rings. The van der Waals surface area contributed by atoms with Gasteiger partial charge in [-0.2, -0.15) is 0 Å². The van der Waals surface area contributed by atoms with Crippen molar-refractivity contribution in [2.75, 3.05) is 0 Å². The fraction of sp³-hybridized carbons (Fsp3) is 0.312. The average Bonchev–Trinajstić information content (AvgIpc) is 3.06. The molecule has 0 atom stereocenters. The van der Waals surface area contributed by atoms with E-state index in [0.717, 1.165) is 6.42 Å². The van der Waals surface area contributed by atoms with Crippen molar-refractivity contribution in [3.8, 4) is 11.3 Å². The molecule has 0 saturated carbocycles. The number of aryl methyl sites for hydroxylation is 3. The van der Waals surface area contributed by atoms with E-state index >= 15 is 0 Å². The number of hydrogen-bond donors (Lipinski definition) is 0. The summed E-state index contributed by atoms with van der Waals surface area (Å²) in [6.07, 6.45) is 4.85. The van der Waals surface area contributed by atoms with E-state index in [2.05, 4.69) is 29.5 Å². The lowest BCUT2D eigenvalue weighted by molar-refractivity contribution is 0.877. The van der Waals surface area contributed by atoms with E-state index in [-0.39, 0.29) is 0 Å². The smallest absolute Gasteiger partial charge is 0.194 e. The Hall–Kier alpha value is -1.61. The number of nitrogens with zero attached hydrogens (tertiary/aromatic N) is 2. The van der Waals surface area contributed by atoms with Gasteiger partial charge in [-0.1, -0.05) is 17.7 Å². The molecule has 2 aromatic heterocycles. The van der Waals surface area contributed by atoms with Crippen molar-refractivity contribution < 1.29 is 0 Å². The van der Waals surface area contributed by atoms with Crippen LogP contribution in [0, 0.1) is 6.92 Å². The van der Waals surface area contributed by atoms with Gasteiger partial charge >= 0.3 is 0 Å². The third-order valence-corrected chi connectivity index (χ3v) is 5.59. The van der Waals surface area contributed by atoms with Crippen LogP contribution in [-0.4, -0.2) is 9.38 Å². The molecule has 0 spiro atoms. The first-order valence-corrected chi connectivity index (χ1v) is 7.75. The largest absolute Gasteiger partial charge is 0.290 e. The number of fused-ring (bicyclic) bond motifs is 7. The summed E-state index contributed by atoms with van der Waals surface area (Å²) in [6, 6.07) is 6.77. The number of thiazole rings is 1. The summed E-state index contributed by atoms with van der Waals surface area (Å²) in [5.41, 5.74) is 8.33. The molecule has 0 saturated heterocycles. The van der Waals surface area contributed by atoms with Crippen LogP contribution in [0.15, 0.2) is 18.2 Å². The number of aromatic nitrogens is 2. The predicted octanol–water partition coefficient (Wildman–Crippen LogP) is 3.76. The Kier molecular flexibility index (Phi) is 1.76. The highest BCUT2D eigenvalue weighted by molar-refractivity contribution is 7.17. The second kappa shape index (κ2) is 3.28. The normalized spacial score (nSPS) is 15.8. The molecule has 1 aromatic carbocycles. The Labute approximate surface area is 115 Å².